The Balaban J connectivity index is 1.58. The molecule has 0 saturated heterocycles. The Morgan fingerprint density at radius 3 is 2.21 bits per heavy atom. The van der Waals surface area contributed by atoms with Gasteiger partial charge in [0.2, 0.25) is 0 Å². The fraction of sp³-hybridized carbons (Fsp3) is 0.346. The fourth-order valence-electron chi connectivity index (χ4n) is 3.50. The minimum absolute atomic E-state index is 0.602. The Morgan fingerprint density at radius 1 is 0.893 bits per heavy atom. The van der Waals surface area contributed by atoms with Crippen molar-refractivity contribution in [1.29, 1.82) is 5.26 Å². The molecule has 144 valence electrons. The van der Waals surface area contributed by atoms with E-state index in [1.165, 1.54) is 42.4 Å². The molecule has 0 N–H and O–H groups in total. The summed E-state index contributed by atoms with van der Waals surface area (Å²) in [5.74, 6) is 0. The van der Waals surface area contributed by atoms with Crippen LogP contribution in [0.4, 0.5) is 0 Å². The van der Waals surface area contributed by atoms with Crippen molar-refractivity contribution in [3.8, 4) is 17.2 Å². The number of benzene rings is 2. The summed E-state index contributed by atoms with van der Waals surface area (Å²) in [6.07, 6.45) is 12.6. The summed E-state index contributed by atoms with van der Waals surface area (Å²) in [5, 5.41) is 9.65. The first-order chi connectivity index (χ1) is 13.8. The van der Waals surface area contributed by atoms with E-state index in [1.807, 2.05) is 18.2 Å². The first-order valence-corrected chi connectivity index (χ1v) is 10.4. The van der Waals surface area contributed by atoms with Crippen molar-refractivity contribution in [2.24, 2.45) is 0 Å². The summed E-state index contributed by atoms with van der Waals surface area (Å²) in [7, 11) is 0. The molecule has 2 nitrogen and oxygen atoms in total. The quantitative estimate of drug-likeness (QED) is 0.447. The van der Waals surface area contributed by atoms with Gasteiger partial charge in [0.1, 0.15) is 6.07 Å². The zero-order chi connectivity index (χ0) is 19.7. The van der Waals surface area contributed by atoms with E-state index in [0.29, 0.717) is 13.0 Å². The molecular formula is C26H29NO. The summed E-state index contributed by atoms with van der Waals surface area (Å²) in [5.41, 5.74) is 3.94. The average molecular weight is 372 g/mol. The van der Waals surface area contributed by atoms with Crippen LogP contribution < -0.4 is 0 Å². The number of hydrogen-bond donors (Lipinski definition) is 0. The summed E-state index contributed by atoms with van der Waals surface area (Å²) in [4.78, 5) is 0. The SMILES string of the molecule is CCCCCCCOC1(C#N)C=CC(c2ccc(-c3ccccc3)cc2)=CC1. The van der Waals surface area contributed by atoms with E-state index in [-0.39, 0.29) is 0 Å². The van der Waals surface area contributed by atoms with Gasteiger partial charge in [-0.2, -0.15) is 5.26 Å². The third-order valence-corrected chi connectivity index (χ3v) is 5.28. The minimum atomic E-state index is -0.807. The fourth-order valence-corrected chi connectivity index (χ4v) is 3.50. The second-order valence-corrected chi connectivity index (χ2v) is 7.40. The second-order valence-electron chi connectivity index (χ2n) is 7.40. The van der Waals surface area contributed by atoms with Crippen LogP contribution in [0.5, 0.6) is 0 Å². The van der Waals surface area contributed by atoms with Gasteiger partial charge in [0.25, 0.3) is 0 Å². The van der Waals surface area contributed by atoms with Gasteiger partial charge in [-0.3, -0.25) is 0 Å². The van der Waals surface area contributed by atoms with Gasteiger partial charge < -0.3 is 4.74 Å². The van der Waals surface area contributed by atoms with Gasteiger partial charge in [0, 0.05) is 13.0 Å². The van der Waals surface area contributed by atoms with Gasteiger partial charge >= 0.3 is 0 Å². The summed E-state index contributed by atoms with van der Waals surface area (Å²) in [6.45, 7) is 2.86. The lowest BCUT2D eigenvalue weighted by Crippen LogP contribution is -2.29. The molecule has 0 spiro atoms. The normalized spacial score (nSPS) is 18.5. The molecule has 0 aliphatic heterocycles. The molecule has 0 fully saturated rings. The molecule has 0 aromatic heterocycles. The monoisotopic (exact) mass is 371 g/mol. The van der Waals surface area contributed by atoms with Crippen LogP contribution in [0, 0.1) is 11.3 Å². The summed E-state index contributed by atoms with van der Waals surface area (Å²) < 4.78 is 5.97. The first-order valence-electron chi connectivity index (χ1n) is 10.4. The van der Waals surface area contributed by atoms with E-state index in [1.54, 1.807) is 0 Å². The van der Waals surface area contributed by atoms with Crippen LogP contribution in [0.3, 0.4) is 0 Å². The van der Waals surface area contributed by atoms with Gasteiger partial charge in [-0.25, -0.2) is 0 Å². The van der Waals surface area contributed by atoms with Crippen LogP contribution in [-0.4, -0.2) is 12.2 Å². The molecule has 2 aromatic carbocycles. The van der Waals surface area contributed by atoms with Crippen LogP contribution in [0.15, 0.2) is 72.8 Å². The summed E-state index contributed by atoms with van der Waals surface area (Å²) in [6, 6.07) is 21.3. The van der Waals surface area contributed by atoms with Crippen molar-refractivity contribution in [2.45, 2.75) is 51.0 Å². The maximum Gasteiger partial charge on any atom is 0.176 e. The van der Waals surface area contributed by atoms with Crippen molar-refractivity contribution in [3.05, 3.63) is 78.4 Å². The highest BCUT2D eigenvalue weighted by Crippen LogP contribution is 2.30. The molecule has 1 aliphatic rings. The number of hydrogen-bond acceptors (Lipinski definition) is 2. The molecule has 0 heterocycles. The van der Waals surface area contributed by atoms with Gasteiger partial charge in [-0.05, 0) is 34.8 Å². The first kappa shape index (κ1) is 20.1. The lowest BCUT2D eigenvalue weighted by atomic mass is 9.89. The van der Waals surface area contributed by atoms with Gasteiger partial charge in [-0.1, -0.05) is 99.4 Å². The average Bonchev–Trinajstić information content (AvgIpc) is 2.77. The molecule has 1 unspecified atom stereocenters. The molecule has 0 bridgehead atoms. The van der Waals surface area contributed by atoms with E-state index in [4.69, 9.17) is 4.74 Å². The van der Waals surface area contributed by atoms with Crippen LogP contribution in [0.25, 0.3) is 16.7 Å². The minimum Gasteiger partial charge on any atom is -0.356 e. The number of rotatable bonds is 9. The Hall–Kier alpha value is -2.63. The van der Waals surface area contributed by atoms with Crippen molar-refractivity contribution < 1.29 is 4.74 Å². The maximum atomic E-state index is 9.65. The lowest BCUT2D eigenvalue weighted by molar-refractivity contribution is 0.0323. The second kappa shape index (κ2) is 10.1. The lowest BCUT2D eigenvalue weighted by Gasteiger charge is -2.25. The van der Waals surface area contributed by atoms with Crippen molar-refractivity contribution >= 4 is 5.57 Å². The zero-order valence-corrected chi connectivity index (χ0v) is 16.7. The largest absolute Gasteiger partial charge is 0.356 e. The van der Waals surface area contributed by atoms with Crippen molar-refractivity contribution in [1.82, 2.24) is 0 Å². The molecule has 0 saturated carbocycles. The van der Waals surface area contributed by atoms with E-state index >= 15 is 0 Å². The summed E-state index contributed by atoms with van der Waals surface area (Å²) >= 11 is 0. The molecule has 0 amide bonds. The molecule has 1 atom stereocenters. The van der Waals surface area contributed by atoms with E-state index < -0.39 is 5.60 Å². The smallest absolute Gasteiger partial charge is 0.176 e. The number of nitriles is 1. The number of ether oxygens (including phenoxy) is 1. The number of unbranched alkanes of at least 4 members (excludes halogenated alkanes) is 4. The van der Waals surface area contributed by atoms with Crippen LogP contribution >= 0.6 is 0 Å². The van der Waals surface area contributed by atoms with Crippen LogP contribution in [0.2, 0.25) is 0 Å². The van der Waals surface area contributed by atoms with Gasteiger partial charge in [0.05, 0.1) is 0 Å². The highest BCUT2D eigenvalue weighted by molar-refractivity contribution is 5.77. The number of allylic oxidation sites excluding steroid dienone is 2. The number of nitrogens with zero attached hydrogens (tertiary/aromatic N) is 1. The third-order valence-electron chi connectivity index (χ3n) is 5.28. The molecule has 28 heavy (non-hydrogen) atoms. The van der Waals surface area contributed by atoms with Crippen LogP contribution in [-0.2, 0) is 4.74 Å². The van der Waals surface area contributed by atoms with Crippen LogP contribution in [0.1, 0.15) is 51.0 Å². The highest BCUT2D eigenvalue weighted by atomic mass is 16.5. The molecule has 2 aromatic rings. The topological polar surface area (TPSA) is 33.0 Å². The van der Waals surface area contributed by atoms with E-state index in [0.717, 1.165) is 12.0 Å². The Labute approximate surface area is 169 Å². The predicted octanol–water partition coefficient (Wildman–Crippen LogP) is 6.95. The van der Waals surface area contributed by atoms with Crippen molar-refractivity contribution in [3.63, 3.8) is 0 Å². The Morgan fingerprint density at radius 2 is 1.57 bits per heavy atom. The van der Waals surface area contributed by atoms with E-state index in [2.05, 4.69) is 67.6 Å². The highest BCUT2D eigenvalue weighted by Gasteiger charge is 2.29. The molecule has 3 rings (SSSR count). The van der Waals surface area contributed by atoms with Gasteiger partial charge in [0.15, 0.2) is 5.60 Å². The Bertz CT molecular complexity index is 842. The van der Waals surface area contributed by atoms with E-state index in [9.17, 15) is 5.26 Å². The Kier molecular flexibility index (Phi) is 7.23. The molecule has 2 heteroatoms. The standard InChI is InChI=1S/C26H29NO/c1-2-3-4-5-9-20-28-26(21-27)18-16-25(17-19-26)24-14-12-23(13-15-24)22-10-7-6-8-11-22/h6-8,10-18H,2-5,9,19-20H2,1H3. The molecule has 1 aliphatic carbocycles. The third kappa shape index (κ3) is 5.21. The maximum absolute atomic E-state index is 9.65. The predicted molar refractivity (Wildman–Crippen MR) is 117 cm³/mol. The van der Waals surface area contributed by atoms with Crippen molar-refractivity contribution in [2.75, 3.05) is 6.61 Å². The molecule has 0 radical (unpaired) electrons. The van der Waals surface area contributed by atoms with Gasteiger partial charge in [-0.15, -0.1) is 0 Å². The molecular weight excluding hydrogens is 342 g/mol. The zero-order valence-electron chi connectivity index (χ0n) is 16.7.